The van der Waals surface area contributed by atoms with Crippen molar-refractivity contribution >= 4 is 17.2 Å². The van der Waals surface area contributed by atoms with Crippen molar-refractivity contribution in [2.24, 2.45) is 0 Å². The van der Waals surface area contributed by atoms with Gasteiger partial charge < -0.3 is 25.7 Å². The lowest BCUT2D eigenvalue weighted by atomic mass is 10.1. The van der Waals surface area contributed by atoms with Gasteiger partial charge in [-0.1, -0.05) is 18.1 Å². The first-order chi connectivity index (χ1) is 17.1. The molecule has 4 N–H and O–H groups in total. The highest BCUT2D eigenvalue weighted by Gasteiger charge is 2.40. The largest absolute Gasteiger partial charge is 0.507 e. The lowest BCUT2D eigenvalue weighted by Gasteiger charge is -2.43. The number of hydrogen-bond acceptors (Lipinski definition) is 8. The molecular formula is C27H30N6O2. The number of nitrogens with two attached hydrogens (primary N) is 1. The summed E-state index contributed by atoms with van der Waals surface area (Å²) in [4.78, 5) is 9.23. The molecule has 0 spiro atoms. The summed E-state index contributed by atoms with van der Waals surface area (Å²) in [5, 5.41) is 27.6. The minimum Gasteiger partial charge on any atom is -0.507 e. The molecule has 0 radical (unpaired) electrons. The number of unbranched alkanes of at least 4 members (excludes halogenated alkanes) is 2. The molecule has 2 unspecified atom stereocenters. The van der Waals surface area contributed by atoms with Crippen LogP contribution in [0.15, 0.2) is 48.7 Å². The van der Waals surface area contributed by atoms with E-state index in [1.807, 2.05) is 24.4 Å². The van der Waals surface area contributed by atoms with Gasteiger partial charge in [0.2, 0.25) is 0 Å². The number of phenolic OH excluding ortho intramolecular Hbond substituents is 1. The summed E-state index contributed by atoms with van der Waals surface area (Å²) in [6.07, 6.45) is 6.49. The Morgan fingerprint density at radius 2 is 1.83 bits per heavy atom. The molecule has 4 heterocycles. The van der Waals surface area contributed by atoms with Crippen LogP contribution in [0.1, 0.15) is 37.8 Å². The summed E-state index contributed by atoms with van der Waals surface area (Å²) in [5.41, 5.74) is 10.3. The van der Waals surface area contributed by atoms with Gasteiger partial charge in [-0.3, -0.25) is 0 Å². The van der Waals surface area contributed by atoms with E-state index >= 15 is 0 Å². The fourth-order valence-corrected chi connectivity index (χ4v) is 5.11. The van der Waals surface area contributed by atoms with Crippen molar-refractivity contribution < 1.29 is 10.2 Å². The standard InChI is InChI=1S/C27H30N6O2/c28-27-25(16-24(30-31-27)23-8-4-5-9-26(23)35)32-17-21-10-11-22(18-32)33(21)20-12-13-29-19(15-20)7-3-1-2-6-14-34/h4-5,8-9,12-13,15-16,21-22,34-35H,1-2,6,10-11,14,17-18H2,(H2,28,31). The van der Waals surface area contributed by atoms with Gasteiger partial charge in [-0.15, -0.1) is 10.2 Å². The van der Waals surface area contributed by atoms with Crippen molar-refractivity contribution in [3.05, 3.63) is 54.4 Å². The molecule has 2 aliphatic heterocycles. The van der Waals surface area contributed by atoms with Crippen molar-refractivity contribution in [2.75, 3.05) is 35.2 Å². The molecule has 2 aromatic heterocycles. The number of aliphatic hydroxyl groups excluding tert-OH is 1. The van der Waals surface area contributed by atoms with Gasteiger partial charge in [0.15, 0.2) is 5.82 Å². The molecule has 0 amide bonds. The number of aliphatic hydroxyl groups is 1. The third kappa shape index (κ3) is 4.86. The average molecular weight is 471 g/mol. The van der Waals surface area contributed by atoms with E-state index in [0.29, 0.717) is 29.2 Å². The number of pyridine rings is 1. The Bertz CT molecular complexity index is 1240. The van der Waals surface area contributed by atoms with Gasteiger partial charge in [-0.2, -0.15) is 0 Å². The molecule has 5 rings (SSSR count). The zero-order valence-corrected chi connectivity index (χ0v) is 19.6. The zero-order valence-electron chi connectivity index (χ0n) is 19.6. The topological polar surface area (TPSA) is 112 Å². The molecule has 2 saturated heterocycles. The van der Waals surface area contributed by atoms with E-state index in [1.54, 1.807) is 12.1 Å². The van der Waals surface area contributed by atoms with Crippen molar-refractivity contribution in [3.8, 4) is 28.8 Å². The smallest absolute Gasteiger partial charge is 0.169 e. The first kappa shape index (κ1) is 22.9. The summed E-state index contributed by atoms with van der Waals surface area (Å²) in [6.45, 7) is 1.87. The van der Waals surface area contributed by atoms with Crippen LogP contribution in [0.2, 0.25) is 0 Å². The van der Waals surface area contributed by atoms with E-state index in [1.165, 1.54) is 0 Å². The van der Waals surface area contributed by atoms with Crippen LogP contribution < -0.4 is 15.5 Å². The highest BCUT2D eigenvalue weighted by Crippen LogP contribution is 2.38. The number of aromatic hydroxyl groups is 1. The number of hydrogen-bond donors (Lipinski definition) is 3. The third-order valence-electron chi connectivity index (χ3n) is 6.77. The Morgan fingerprint density at radius 1 is 1.03 bits per heavy atom. The summed E-state index contributed by atoms with van der Waals surface area (Å²) in [6, 6.07) is 13.9. The van der Waals surface area contributed by atoms with Gasteiger partial charge >= 0.3 is 0 Å². The van der Waals surface area contributed by atoms with Crippen LogP contribution >= 0.6 is 0 Å². The highest BCUT2D eigenvalue weighted by molar-refractivity contribution is 5.74. The highest BCUT2D eigenvalue weighted by atomic mass is 16.3. The van der Waals surface area contributed by atoms with E-state index in [-0.39, 0.29) is 12.4 Å². The maximum atomic E-state index is 10.3. The van der Waals surface area contributed by atoms with Crippen LogP contribution in [0.5, 0.6) is 5.75 Å². The Morgan fingerprint density at radius 3 is 2.60 bits per heavy atom. The van der Waals surface area contributed by atoms with E-state index in [4.69, 9.17) is 10.8 Å². The molecule has 180 valence electrons. The van der Waals surface area contributed by atoms with Gasteiger partial charge in [0.25, 0.3) is 0 Å². The summed E-state index contributed by atoms with van der Waals surface area (Å²) >= 11 is 0. The van der Waals surface area contributed by atoms with Crippen LogP contribution in [0, 0.1) is 11.8 Å². The average Bonchev–Trinajstić information content (AvgIpc) is 3.14. The number of fused-ring (bicyclic) bond motifs is 2. The molecule has 0 aliphatic carbocycles. The number of anilines is 3. The molecule has 2 aliphatic rings. The van der Waals surface area contributed by atoms with Gasteiger partial charge in [0.05, 0.1) is 11.4 Å². The lowest BCUT2D eigenvalue weighted by Crippen LogP contribution is -2.54. The minimum absolute atomic E-state index is 0.174. The van der Waals surface area contributed by atoms with Crippen molar-refractivity contribution in [3.63, 3.8) is 0 Å². The molecule has 2 atom stereocenters. The molecule has 1 aromatic carbocycles. The van der Waals surface area contributed by atoms with Crippen LogP contribution in [0.25, 0.3) is 11.3 Å². The number of nitrogen functional groups attached to an aromatic ring is 1. The number of para-hydroxylation sites is 1. The Kier molecular flexibility index (Phi) is 6.68. The van der Waals surface area contributed by atoms with Gasteiger partial charge in [0, 0.05) is 55.6 Å². The molecule has 35 heavy (non-hydrogen) atoms. The van der Waals surface area contributed by atoms with E-state index in [0.717, 1.165) is 62.3 Å². The van der Waals surface area contributed by atoms with E-state index in [9.17, 15) is 5.11 Å². The second-order valence-corrected chi connectivity index (χ2v) is 9.10. The number of aromatic nitrogens is 3. The first-order valence-corrected chi connectivity index (χ1v) is 12.1. The molecule has 2 bridgehead atoms. The predicted molar refractivity (Wildman–Crippen MR) is 137 cm³/mol. The molecular weight excluding hydrogens is 440 g/mol. The third-order valence-corrected chi connectivity index (χ3v) is 6.77. The maximum Gasteiger partial charge on any atom is 0.169 e. The summed E-state index contributed by atoms with van der Waals surface area (Å²) in [7, 11) is 0. The van der Waals surface area contributed by atoms with E-state index in [2.05, 4.69) is 49.0 Å². The second kappa shape index (κ2) is 10.2. The first-order valence-electron chi connectivity index (χ1n) is 12.1. The number of rotatable bonds is 6. The maximum absolute atomic E-state index is 10.3. The number of piperazine rings is 1. The van der Waals surface area contributed by atoms with Crippen molar-refractivity contribution in [2.45, 2.75) is 44.2 Å². The van der Waals surface area contributed by atoms with E-state index < -0.39 is 0 Å². The number of benzene rings is 1. The second-order valence-electron chi connectivity index (χ2n) is 9.10. The monoisotopic (exact) mass is 470 g/mol. The van der Waals surface area contributed by atoms with Crippen molar-refractivity contribution in [1.82, 2.24) is 15.2 Å². The number of phenols is 1. The number of nitrogens with zero attached hydrogens (tertiary/aromatic N) is 5. The quantitative estimate of drug-likeness (QED) is 0.372. The fourth-order valence-electron chi connectivity index (χ4n) is 5.11. The van der Waals surface area contributed by atoms with Crippen LogP contribution in [-0.2, 0) is 0 Å². The SMILES string of the molecule is Nc1nnc(-c2ccccc2O)cc1N1CC2CCC(C1)N2c1ccnc(C#CCCCCO)c1. The van der Waals surface area contributed by atoms with Crippen molar-refractivity contribution in [1.29, 1.82) is 0 Å². The molecule has 3 aromatic rings. The Balaban J connectivity index is 1.34. The van der Waals surface area contributed by atoms with Gasteiger partial charge in [0.1, 0.15) is 11.4 Å². The lowest BCUT2D eigenvalue weighted by molar-refractivity contribution is 0.285. The molecule has 0 saturated carbocycles. The fraction of sp³-hybridized carbons (Fsp3) is 0.370. The minimum atomic E-state index is 0.174. The van der Waals surface area contributed by atoms with Crippen LogP contribution in [-0.4, -0.2) is 57.2 Å². The Hall–Kier alpha value is -3.83. The normalized spacial score (nSPS) is 18.9. The van der Waals surface area contributed by atoms with Gasteiger partial charge in [-0.05, 0) is 61.9 Å². The molecule has 2 fully saturated rings. The Labute approximate surface area is 205 Å². The summed E-state index contributed by atoms with van der Waals surface area (Å²) in [5.74, 6) is 6.91. The van der Waals surface area contributed by atoms with Gasteiger partial charge in [-0.25, -0.2) is 4.98 Å². The van der Waals surface area contributed by atoms with Crippen LogP contribution in [0.4, 0.5) is 17.2 Å². The van der Waals surface area contributed by atoms with Crippen LogP contribution in [0.3, 0.4) is 0 Å². The predicted octanol–water partition coefficient (Wildman–Crippen LogP) is 3.20. The summed E-state index contributed by atoms with van der Waals surface area (Å²) < 4.78 is 0. The zero-order chi connectivity index (χ0) is 24.2. The molecule has 8 nitrogen and oxygen atoms in total. The molecule has 8 heteroatoms.